The molecule has 0 unspecified atom stereocenters. The van der Waals surface area contributed by atoms with E-state index >= 15 is 0 Å². The third kappa shape index (κ3) is 3.77. The lowest BCUT2D eigenvalue weighted by Gasteiger charge is -2.12. The van der Waals surface area contributed by atoms with Gasteiger partial charge in [-0.15, -0.1) is 5.10 Å². The number of hydrogen-bond donors (Lipinski definition) is 1. The fraction of sp³-hybridized carbons (Fsp3) is 0.667. The minimum atomic E-state index is -0.542. The third-order valence-corrected chi connectivity index (χ3v) is 2.44. The first-order chi connectivity index (χ1) is 8.86. The van der Waals surface area contributed by atoms with Crippen LogP contribution < -0.4 is 5.32 Å². The van der Waals surface area contributed by atoms with Crippen LogP contribution in [0.5, 0.6) is 0 Å². The zero-order chi connectivity index (χ0) is 14.6. The van der Waals surface area contributed by atoms with Crippen molar-refractivity contribution in [2.24, 2.45) is 0 Å². The van der Waals surface area contributed by atoms with Crippen molar-refractivity contribution in [3.63, 3.8) is 0 Å². The van der Waals surface area contributed by atoms with Crippen LogP contribution in [0.4, 0.5) is 0 Å². The Morgan fingerprint density at radius 2 is 1.95 bits per heavy atom. The molecule has 1 aromatic heterocycles. The molecule has 0 aliphatic carbocycles. The molecule has 19 heavy (non-hydrogen) atoms. The van der Waals surface area contributed by atoms with Crippen molar-refractivity contribution in [2.45, 2.75) is 46.2 Å². The summed E-state index contributed by atoms with van der Waals surface area (Å²) in [7, 11) is 1.29. The summed E-state index contributed by atoms with van der Waals surface area (Å²) < 4.78 is 6.09. The van der Waals surface area contributed by atoms with Crippen LogP contribution in [0.15, 0.2) is 0 Å². The highest BCUT2D eigenvalue weighted by molar-refractivity contribution is 5.88. The van der Waals surface area contributed by atoms with Crippen molar-refractivity contribution in [3.8, 4) is 0 Å². The number of nitrogens with zero attached hydrogens (tertiary/aromatic N) is 3. The number of esters is 1. The number of hydrogen-bond acceptors (Lipinski definition) is 5. The quantitative estimate of drug-likeness (QED) is 0.795. The maximum absolute atomic E-state index is 11.7. The van der Waals surface area contributed by atoms with Crippen LogP contribution in [-0.2, 0) is 16.1 Å². The van der Waals surface area contributed by atoms with E-state index in [4.69, 9.17) is 0 Å². The maximum Gasteiger partial charge on any atom is 0.360 e. The Morgan fingerprint density at radius 1 is 1.32 bits per heavy atom. The van der Waals surface area contributed by atoms with E-state index in [1.54, 1.807) is 0 Å². The van der Waals surface area contributed by atoms with Crippen LogP contribution in [0.1, 0.15) is 49.8 Å². The Hall–Kier alpha value is -1.92. The highest BCUT2D eigenvalue weighted by Crippen LogP contribution is 2.18. The zero-order valence-electron chi connectivity index (χ0n) is 11.9. The van der Waals surface area contributed by atoms with E-state index in [-0.39, 0.29) is 30.1 Å². The summed E-state index contributed by atoms with van der Waals surface area (Å²) >= 11 is 0. The second kappa shape index (κ2) is 6.31. The van der Waals surface area contributed by atoms with Crippen molar-refractivity contribution in [2.75, 3.05) is 7.11 Å². The summed E-state index contributed by atoms with van der Waals surface area (Å²) in [5, 5.41) is 10.4. The Morgan fingerprint density at radius 3 is 2.42 bits per heavy atom. The molecule has 0 fully saturated rings. The molecule has 0 aromatic carbocycles. The Balaban J connectivity index is 2.99. The lowest BCUT2D eigenvalue weighted by atomic mass is 10.1. The van der Waals surface area contributed by atoms with Crippen molar-refractivity contribution >= 4 is 11.9 Å². The second-order valence-corrected chi connectivity index (χ2v) is 4.85. The van der Waals surface area contributed by atoms with Crippen LogP contribution in [-0.4, -0.2) is 40.0 Å². The van der Waals surface area contributed by atoms with Gasteiger partial charge in [-0.05, 0) is 19.8 Å². The van der Waals surface area contributed by atoms with E-state index < -0.39 is 5.97 Å². The van der Waals surface area contributed by atoms with Crippen LogP contribution in [0.3, 0.4) is 0 Å². The molecule has 7 heteroatoms. The minimum Gasteiger partial charge on any atom is -0.464 e. The van der Waals surface area contributed by atoms with Crippen molar-refractivity contribution < 1.29 is 14.3 Å². The number of rotatable bonds is 5. The number of amides is 1. The first-order valence-electron chi connectivity index (χ1n) is 6.17. The molecule has 7 nitrogen and oxygen atoms in total. The maximum atomic E-state index is 11.7. The summed E-state index contributed by atoms with van der Waals surface area (Å²) in [6.07, 6.45) is 0. The van der Waals surface area contributed by atoms with Gasteiger partial charge in [0.2, 0.25) is 5.91 Å². The van der Waals surface area contributed by atoms with Gasteiger partial charge in [0.05, 0.1) is 12.8 Å². The molecule has 1 amide bonds. The fourth-order valence-corrected chi connectivity index (χ4v) is 1.75. The molecule has 0 atom stereocenters. The van der Waals surface area contributed by atoms with Crippen molar-refractivity contribution in [1.29, 1.82) is 0 Å². The number of methoxy groups -OCH3 is 1. The lowest BCUT2D eigenvalue weighted by Crippen LogP contribution is -2.34. The van der Waals surface area contributed by atoms with Crippen LogP contribution in [0.2, 0.25) is 0 Å². The van der Waals surface area contributed by atoms with Gasteiger partial charge in [0.25, 0.3) is 0 Å². The summed E-state index contributed by atoms with van der Waals surface area (Å²) in [6.45, 7) is 7.60. The van der Waals surface area contributed by atoms with Gasteiger partial charge in [-0.2, -0.15) is 0 Å². The molecular weight excluding hydrogens is 248 g/mol. The first kappa shape index (κ1) is 15.1. The molecule has 1 rings (SSSR count). The van der Waals surface area contributed by atoms with Gasteiger partial charge in [-0.3, -0.25) is 4.79 Å². The number of carbonyl (C=O) groups excluding carboxylic acids is 2. The zero-order valence-corrected chi connectivity index (χ0v) is 11.9. The first-order valence-corrected chi connectivity index (χ1v) is 6.17. The van der Waals surface area contributed by atoms with Gasteiger partial charge in [0.1, 0.15) is 6.54 Å². The highest BCUT2D eigenvalue weighted by atomic mass is 16.5. The monoisotopic (exact) mass is 268 g/mol. The third-order valence-electron chi connectivity index (χ3n) is 2.44. The van der Waals surface area contributed by atoms with Gasteiger partial charge in [0, 0.05) is 6.04 Å². The predicted octanol–water partition coefficient (Wildman–Crippen LogP) is 0.713. The lowest BCUT2D eigenvalue weighted by molar-refractivity contribution is -0.122. The van der Waals surface area contributed by atoms with Gasteiger partial charge < -0.3 is 10.1 Å². The van der Waals surface area contributed by atoms with Gasteiger partial charge >= 0.3 is 5.97 Å². The van der Waals surface area contributed by atoms with E-state index in [1.165, 1.54) is 11.8 Å². The summed E-state index contributed by atoms with van der Waals surface area (Å²) in [5.74, 6) is -0.701. The average Bonchev–Trinajstić information content (AvgIpc) is 2.70. The highest BCUT2D eigenvalue weighted by Gasteiger charge is 2.23. The van der Waals surface area contributed by atoms with E-state index in [2.05, 4.69) is 20.4 Å². The predicted molar refractivity (Wildman–Crippen MR) is 68.7 cm³/mol. The smallest absolute Gasteiger partial charge is 0.360 e. The normalized spacial score (nSPS) is 10.9. The minimum absolute atomic E-state index is 0.0101. The Bertz CT molecular complexity index is 466. The van der Waals surface area contributed by atoms with E-state index in [9.17, 15) is 9.59 Å². The molecule has 0 bridgehead atoms. The number of nitrogens with one attached hydrogen (secondary N) is 1. The van der Waals surface area contributed by atoms with Crippen LogP contribution >= 0.6 is 0 Å². The molecule has 0 saturated heterocycles. The molecule has 1 N–H and O–H groups in total. The number of ether oxygens (including phenoxy) is 1. The molecule has 0 saturated carbocycles. The Kier molecular flexibility index (Phi) is 5.02. The topological polar surface area (TPSA) is 86.1 Å². The SMILES string of the molecule is COC(=O)c1nnn(CC(=O)NC(C)C)c1C(C)C. The van der Waals surface area contributed by atoms with Crippen LogP contribution in [0.25, 0.3) is 0 Å². The summed E-state index contributed by atoms with van der Waals surface area (Å²) in [4.78, 5) is 23.3. The van der Waals surface area contributed by atoms with E-state index in [0.717, 1.165) is 0 Å². The second-order valence-electron chi connectivity index (χ2n) is 4.85. The van der Waals surface area contributed by atoms with Gasteiger partial charge in [-0.1, -0.05) is 19.1 Å². The fourth-order valence-electron chi connectivity index (χ4n) is 1.75. The van der Waals surface area contributed by atoms with Crippen molar-refractivity contribution in [1.82, 2.24) is 20.3 Å². The van der Waals surface area contributed by atoms with E-state index in [1.807, 2.05) is 27.7 Å². The molecule has 0 aliphatic rings. The number of aromatic nitrogens is 3. The van der Waals surface area contributed by atoms with Gasteiger partial charge in [0.15, 0.2) is 5.69 Å². The molecule has 0 aliphatic heterocycles. The van der Waals surface area contributed by atoms with Crippen molar-refractivity contribution in [3.05, 3.63) is 11.4 Å². The molecule has 0 radical (unpaired) electrons. The molecule has 0 spiro atoms. The van der Waals surface area contributed by atoms with Gasteiger partial charge in [-0.25, -0.2) is 9.48 Å². The molecule has 106 valence electrons. The molecule has 1 heterocycles. The standard InChI is InChI=1S/C12H20N4O3/c1-7(2)11-10(12(18)19-5)14-15-16(11)6-9(17)13-8(3)4/h7-8H,6H2,1-5H3,(H,13,17). The number of carbonyl (C=O) groups is 2. The van der Waals surface area contributed by atoms with E-state index in [0.29, 0.717) is 5.69 Å². The Labute approximate surface area is 112 Å². The van der Waals surface area contributed by atoms with Crippen LogP contribution in [0, 0.1) is 0 Å². The largest absolute Gasteiger partial charge is 0.464 e. The summed E-state index contributed by atoms with van der Waals surface area (Å²) in [5.41, 5.74) is 0.764. The average molecular weight is 268 g/mol. The summed E-state index contributed by atoms with van der Waals surface area (Å²) in [6, 6.07) is 0.0543. The molecule has 1 aromatic rings. The molecular formula is C12H20N4O3.